The minimum atomic E-state index is -0.268. The highest BCUT2D eigenvalue weighted by Gasteiger charge is 2.19. The van der Waals surface area contributed by atoms with E-state index < -0.39 is 0 Å². The standard InChI is InChI=1S/C10H13Cl2NO.C6H15N/c1-7(11)13(8(2)12)9-5-3-4-6-10(9)14;1-4-7(5-2)6-3/h3-8,14H,1-2H3;4-6H2,1-3H3. The zero-order valence-corrected chi connectivity index (χ0v) is 15.2. The van der Waals surface area contributed by atoms with E-state index in [1.807, 2.05) is 19.9 Å². The van der Waals surface area contributed by atoms with Crippen molar-refractivity contribution in [1.82, 2.24) is 4.90 Å². The fourth-order valence-corrected chi connectivity index (χ4v) is 2.63. The quantitative estimate of drug-likeness (QED) is 0.602. The molecule has 3 nitrogen and oxygen atoms in total. The van der Waals surface area contributed by atoms with Crippen LogP contribution in [0.2, 0.25) is 0 Å². The van der Waals surface area contributed by atoms with E-state index in [-0.39, 0.29) is 16.8 Å². The van der Waals surface area contributed by atoms with Crippen molar-refractivity contribution < 1.29 is 5.11 Å². The molecule has 0 heterocycles. The van der Waals surface area contributed by atoms with Crippen molar-refractivity contribution in [2.45, 2.75) is 45.6 Å². The second-order valence-corrected chi connectivity index (χ2v) is 5.93. The first-order valence-corrected chi connectivity index (χ1v) is 8.32. The number of benzene rings is 1. The van der Waals surface area contributed by atoms with Gasteiger partial charge in [-0.1, -0.05) is 56.1 Å². The lowest BCUT2D eigenvalue weighted by atomic mass is 10.2. The number of aromatic hydroxyl groups is 1. The molecule has 0 aliphatic rings. The van der Waals surface area contributed by atoms with Gasteiger partial charge in [-0.15, -0.1) is 0 Å². The normalized spacial score (nSPS) is 13.3. The van der Waals surface area contributed by atoms with E-state index >= 15 is 0 Å². The molecule has 0 aromatic heterocycles. The monoisotopic (exact) mass is 334 g/mol. The Balaban J connectivity index is 0.000000486. The summed E-state index contributed by atoms with van der Waals surface area (Å²) < 4.78 is 0. The number of phenolic OH excluding ortho intramolecular Hbond substituents is 1. The van der Waals surface area contributed by atoms with Gasteiger partial charge in [-0.3, -0.25) is 0 Å². The fourth-order valence-electron chi connectivity index (χ4n) is 2.02. The van der Waals surface area contributed by atoms with E-state index in [2.05, 4.69) is 25.7 Å². The Kier molecular flexibility index (Phi) is 10.7. The minimum absolute atomic E-state index is 0.188. The van der Waals surface area contributed by atoms with Gasteiger partial charge in [-0.05, 0) is 45.6 Å². The van der Waals surface area contributed by atoms with Gasteiger partial charge in [0.05, 0.1) is 5.69 Å². The zero-order valence-electron chi connectivity index (χ0n) is 13.7. The molecule has 0 bridgehead atoms. The van der Waals surface area contributed by atoms with Crippen molar-refractivity contribution in [2.75, 3.05) is 24.5 Å². The molecule has 0 fully saturated rings. The van der Waals surface area contributed by atoms with Crippen molar-refractivity contribution in [3.63, 3.8) is 0 Å². The molecule has 1 N–H and O–H groups in total. The lowest BCUT2D eigenvalue weighted by Crippen LogP contribution is -2.34. The van der Waals surface area contributed by atoms with Crippen LogP contribution in [0.5, 0.6) is 5.75 Å². The van der Waals surface area contributed by atoms with Crippen LogP contribution in [0.3, 0.4) is 0 Å². The molecule has 0 spiro atoms. The number of alkyl halides is 2. The lowest BCUT2D eigenvalue weighted by molar-refractivity contribution is 0.321. The molecule has 122 valence electrons. The summed E-state index contributed by atoms with van der Waals surface area (Å²) in [5, 5.41) is 9.62. The van der Waals surface area contributed by atoms with Crippen LogP contribution in [0, 0.1) is 0 Å². The predicted octanol–water partition coefficient (Wildman–Crippen LogP) is 4.72. The zero-order chi connectivity index (χ0) is 16.4. The summed E-state index contributed by atoms with van der Waals surface area (Å²) in [7, 11) is 0. The number of nitrogens with zero attached hydrogens (tertiary/aromatic N) is 2. The second kappa shape index (κ2) is 11.0. The number of rotatable bonds is 6. The van der Waals surface area contributed by atoms with Gasteiger partial charge in [0.25, 0.3) is 0 Å². The Bertz CT molecular complexity index is 369. The number of anilines is 1. The van der Waals surface area contributed by atoms with Gasteiger partial charge < -0.3 is 14.9 Å². The number of hydrogen-bond donors (Lipinski definition) is 1. The van der Waals surface area contributed by atoms with E-state index in [0.29, 0.717) is 5.69 Å². The molecule has 0 radical (unpaired) electrons. The molecular weight excluding hydrogens is 307 g/mol. The molecule has 1 rings (SSSR count). The number of phenols is 1. The van der Waals surface area contributed by atoms with Crippen LogP contribution in [-0.2, 0) is 0 Å². The molecule has 2 atom stereocenters. The van der Waals surface area contributed by atoms with Crippen molar-refractivity contribution in [1.29, 1.82) is 0 Å². The van der Waals surface area contributed by atoms with E-state index in [1.54, 1.807) is 23.1 Å². The van der Waals surface area contributed by atoms with Crippen LogP contribution in [0.4, 0.5) is 5.69 Å². The highest BCUT2D eigenvalue weighted by molar-refractivity contribution is 6.25. The number of halogens is 2. The molecule has 5 heteroatoms. The summed E-state index contributed by atoms with van der Waals surface area (Å²) in [5.41, 5.74) is 0.115. The highest BCUT2D eigenvalue weighted by Crippen LogP contribution is 2.31. The molecule has 0 saturated heterocycles. The van der Waals surface area contributed by atoms with Crippen molar-refractivity contribution in [3.8, 4) is 5.75 Å². The first-order valence-electron chi connectivity index (χ1n) is 7.45. The maximum Gasteiger partial charge on any atom is 0.138 e. The van der Waals surface area contributed by atoms with Crippen LogP contribution >= 0.6 is 23.2 Å². The first kappa shape index (κ1) is 20.4. The Morgan fingerprint density at radius 1 is 0.952 bits per heavy atom. The molecule has 0 amide bonds. The molecule has 1 aromatic rings. The van der Waals surface area contributed by atoms with E-state index in [0.717, 1.165) is 0 Å². The summed E-state index contributed by atoms with van der Waals surface area (Å²) in [5.74, 6) is 0.188. The van der Waals surface area contributed by atoms with Gasteiger partial charge in [0.2, 0.25) is 0 Å². The Morgan fingerprint density at radius 2 is 1.38 bits per heavy atom. The third kappa shape index (κ3) is 7.25. The SMILES string of the molecule is CC(Cl)N(c1ccccc1O)C(C)Cl.CCN(CC)CC. The molecular formula is C16H28Cl2N2O. The highest BCUT2D eigenvalue weighted by atomic mass is 35.5. The van der Waals surface area contributed by atoms with Crippen molar-refractivity contribution in [2.24, 2.45) is 0 Å². The largest absolute Gasteiger partial charge is 0.506 e. The van der Waals surface area contributed by atoms with Crippen LogP contribution in [-0.4, -0.2) is 40.6 Å². The van der Waals surface area contributed by atoms with Gasteiger partial charge in [-0.2, -0.15) is 0 Å². The molecule has 0 aliphatic carbocycles. The summed E-state index contributed by atoms with van der Waals surface area (Å²) in [6, 6.07) is 6.99. The maximum absolute atomic E-state index is 9.62. The first-order chi connectivity index (χ1) is 9.88. The summed E-state index contributed by atoms with van der Waals surface area (Å²) in [6.45, 7) is 13.7. The third-order valence-electron chi connectivity index (χ3n) is 3.27. The Hall–Kier alpha value is -0.640. The van der Waals surface area contributed by atoms with Gasteiger partial charge in [0.15, 0.2) is 0 Å². The summed E-state index contributed by atoms with van der Waals surface area (Å²) in [4.78, 5) is 4.11. The van der Waals surface area contributed by atoms with Crippen molar-refractivity contribution >= 4 is 28.9 Å². The van der Waals surface area contributed by atoms with Crippen molar-refractivity contribution in [3.05, 3.63) is 24.3 Å². The topological polar surface area (TPSA) is 26.7 Å². The fraction of sp³-hybridized carbons (Fsp3) is 0.625. The van der Waals surface area contributed by atoms with Crippen LogP contribution in [0.25, 0.3) is 0 Å². The summed E-state index contributed by atoms with van der Waals surface area (Å²) in [6.07, 6.45) is 0. The Morgan fingerprint density at radius 3 is 1.67 bits per heavy atom. The average molecular weight is 335 g/mol. The van der Waals surface area contributed by atoms with Gasteiger partial charge in [-0.25, -0.2) is 0 Å². The van der Waals surface area contributed by atoms with Crippen LogP contribution in [0.1, 0.15) is 34.6 Å². The van der Waals surface area contributed by atoms with E-state index in [1.165, 1.54) is 19.6 Å². The van der Waals surface area contributed by atoms with E-state index in [9.17, 15) is 5.11 Å². The third-order valence-corrected chi connectivity index (χ3v) is 3.69. The average Bonchev–Trinajstić information content (AvgIpc) is 2.43. The molecule has 0 aliphatic heterocycles. The van der Waals surface area contributed by atoms with Gasteiger partial charge in [0.1, 0.15) is 16.8 Å². The molecule has 1 aromatic carbocycles. The molecule has 2 unspecified atom stereocenters. The van der Waals surface area contributed by atoms with Crippen LogP contribution in [0.15, 0.2) is 24.3 Å². The number of para-hydroxylation sites is 2. The second-order valence-electron chi connectivity index (χ2n) is 4.66. The summed E-state index contributed by atoms with van der Waals surface area (Å²) >= 11 is 12.0. The molecule has 21 heavy (non-hydrogen) atoms. The maximum atomic E-state index is 9.62. The van der Waals surface area contributed by atoms with Gasteiger partial charge in [0, 0.05) is 0 Å². The predicted molar refractivity (Wildman–Crippen MR) is 94.7 cm³/mol. The number of hydrogen-bond acceptors (Lipinski definition) is 3. The van der Waals surface area contributed by atoms with Gasteiger partial charge >= 0.3 is 0 Å². The lowest BCUT2D eigenvalue weighted by Gasteiger charge is -2.30. The molecule has 0 saturated carbocycles. The Labute approximate surface area is 139 Å². The van der Waals surface area contributed by atoms with E-state index in [4.69, 9.17) is 23.2 Å². The van der Waals surface area contributed by atoms with Crippen LogP contribution < -0.4 is 4.90 Å². The minimum Gasteiger partial charge on any atom is -0.506 e. The smallest absolute Gasteiger partial charge is 0.138 e.